The van der Waals surface area contributed by atoms with E-state index in [9.17, 15) is 9.59 Å². The van der Waals surface area contributed by atoms with E-state index < -0.39 is 0 Å². The maximum absolute atomic E-state index is 13.4. The van der Waals surface area contributed by atoms with Crippen LogP contribution in [-0.2, 0) is 16.7 Å². The number of rotatable bonds is 3. The highest BCUT2D eigenvalue weighted by Crippen LogP contribution is 2.45. The Balaban J connectivity index is 1.18. The minimum Gasteiger partial charge on any atom is -0.450 e. The number of amides is 2. The lowest BCUT2D eigenvalue weighted by Crippen LogP contribution is -2.57. The van der Waals surface area contributed by atoms with Gasteiger partial charge in [-0.3, -0.25) is 4.79 Å². The topological polar surface area (TPSA) is 79.1 Å². The lowest BCUT2D eigenvalue weighted by molar-refractivity contribution is 0.0191. The van der Waals surface area contributed by atoms with Crippen LogP contribution >= 0.6 is 0 Å². The Hall–Kier alpha value is -2.87. The van der Waals surface area contributed by atoms with Crippen molar-refractivity contribution in [2.75, 3.05) is 26.2 Å². The van der Waals surface area contributed by atoms with E-state index in [1.165, 1.54) is 11.1 Å². The molecule has 2 unspecified atom stereocenters. The van der Waals surface area contributed by atoms with Crippen LogP contribution in [0, 0.1) is 6.92 Å². The number of carbonyl (C=O) groups excluding carboxylic acids is 2. The van der Waals surface area contributed by atoms with Gasteiger partial charge in [0.1, 0.15) is 11.3 Å². The number of carbonyl (C=O) groups is 2. The van der Waals surface area contributed by atoms with Crippen LogP contribution in [0.1, 0.15) is 72.7 Å². The Bertz CT molecular complexity index is 1120. The van der Waals surface area contributed by atoms with Gasteiger partial charge in [0, 0.05) is 36.6 Å². The van der Waals surface area contributed by atoms with Crippen molar-refractivity contribution in [3.63, 3.8) is 0 Å². The molecule has 3 fully saturated rings. The maximum atomic E-state index is 13.4. The van der Waals surface area contributed by atoms with E-state index >= 15 is 0 Å². The van der Waals surface area contributed by atoms with Crippen molar-refractivity contribution in [2.24, 2.45) is 0 Å². The number of benzene rings is 1. The molecule has 2 bridgehead atoms. The summed E-state index contributed by atoms with van der Waals surface area (Å²) < 4.78 is 10.5. The van der Waals surface area contributed by atoms with Crippen LogP contribution in [0.2, 0.25) is 0 Å². The number of likely N-dealkylation sites (tertiary alicyclic amines) is 1. The zero-order valence-electron chi connectivity index (χ0n) is 21.3. The summed E-state index contributed by atoms with van der Waals surface area (Å²) in [6.45, 7) is 7.51. The number of fused-ring (bicyclic) bond motifs is 4. The van der Waals surface area contributed by atoms with Gasteiger partial charge < -0.3 is 24.0 Å². The second-order valence-electron chi connectivity index (χ2n) is 11.0. The quantitative estimate of drug-likeness (QED) is 0.641. The molecule has 0 N–H and O–H groups in total. The number of ether oxygens (including phenoxy) is 1. The van der Waals surface area contributed by atoms with Gasteiger partial charge in [0.2, 0.25) is 0 Å². The van der Waals surface area contributed by atoms with E-state index in [1.807, 2.05) is 16.7 Å². The Morgan fingerprint density at radius 3 is 2.50 bits per heavy atom. The fourth-order valence-corrected chi connectivity index (χ4v) is 7.39. The summed E-state index contributed by atoms with van der Waals surface area (Å²) in [5.74, 6) is 0.583. The Labute approximate surface area is 212 Å². The molecule has 36 heavy (non-hydrogen) atoms. The van der Waals surface area contributed by atoms with Gasteiger partial charge in [-0.2, -0.15) is 0 Å². The minimum absolute atomic E-state index is 0.00738. The maximum Gasteiger partial charge on any atom is 0.410 e. The first-order chi connectivity index (χ1) is 17.5. The standard InChI is InChI=1S/C28H36N4O4/c1-3-35-27(34)32-21-8-9-22(32)15-23(14-21)30-12-10-28(11-13-30)18-31(17-20-6-4-5-7-25(20)28)26(33)24-16-29-36-19(24)2/h4-7,16,21-23H,3,8-15,17-18H2,1-2H3. The normalized spacial score (nSPS) is 27.2. The van der Waals surface area contributed by atoms with Crippen LogP contribution in [0.4, 0.5) is 4.79 Å². The van der Waals surface area contributed by atoms with Crippen LogP contribution in [0.15, 0.2) is 35.0 Å². The van der Waals surface area contributed by atoms with Crippen LogP contribution in [0.5, 0.6) is 0 Å². The third-order valence-electron chi connectivity index (χ3n) is 9.17. The highest BCUT2D eigenvalue weighted by atomic mass is 16.6. The van der Waals surface area contributed by atoms with Crippen molar-refractivity contribution >= 4 is 12.0 Å². The summed E-state index contributed by atoms with van der Waals surface area (Å²) in [5.41, 5.74) is 3.19. The lowest BCUT2D eigenvalue weighted by atomic mass is 9.68. The van der Waals surface area contributed by atoms with Gasteiger partial charge in [0.25, 0.3) is 5.91 Å². The van der Waals surface area contributed by atoms with E-state index in [1.54, 1.807) is 13.1 Å². The summed E-state index contributed by atoms with van der Waals surface area (Å²) in [6.07, 6.45) is 7.73. The third kappa shape index (κ3) is 3.90. The van der Waals surface area contributed by atoms with Crippen LogP contribution in [0.25, 0.3) is 0 Å². The van der Waals surface area contributed by atoms with Crippen LogP contribution < -0.4 is 0 Å². The SMILES string of the molecule is CCOC(=O)N1C2CCC1CC(N1CCC3(CC1)CN(C(=O)c1cnoc1C)Cc1ccccc13)C2. The summed E-state index contributed by atoms with van der Waals surface area (Å²) in [4.78, 5) is 32.6. The largest absolute Gasteiger partial charge is 0.450 e. The molecule has 1 aromatic heterocycles. The number of hydrogen-bond donors (Lipinski definition) is 0. The first-order valence-corrected chi connectivity index (χ1v) is 13.5. The Morgan fingerprint density at radius 2 is 1.83 bits per heavy atom. The Kier molecular flexibility index (Phi) is 6.02. The highest BCUT2D eigenvalue weighted by molar-refractivity contribution is 5.95. The van der Waals surface area contributed by atoms with E-state index in [4.69, 9.17) is 9.26 Å². The molecule has 4 aliphatic heterocycles. The molecule has 1 spiro atoms. The number of aryl methyl sites for hydroxylation is 1. The second kappa shape index (κ2) is 9.21. The minimum atomic E-state index is -0.132. The van der Waals surface area contributed by atoms with Gasteiger partial charge in [-0.25, -0.2) is 4.79 Å². The van der Waals surface area contributed by atoms with Crippen LogP contribution in [0.3, 0.4) is 0 Å². The fourth-order valence-electron chi connectivity index (χ4n) is 7.39. The summed E-state index contributed by atoms with van der Waals surface area (Å²) in [5, 5.41) is 3.83. The van der Waals surface area contributed by atoms with Crippen molar-refractivity contribution < 1.29 is 18.8 Å². The summed E-state index contributed by atoms with van der Waals surface area (Å²) in [7, 11) is 0. The molecule has 8 nitrogen and oxygen atoms in total. The Morgan fingerprint density at radius 1 is 1.11 bits per heavy atom. The van der Waals surface area contributed by atoms with E-state index in [-0.39, 0.29) is 17.4 Å². The van der Waals surface area contributed by atoms with Gasteiger partial charge in [-0.05, 0) is 76.6 Å². The molecule has 8 heteroatoms. The number of nitrogens with zero attached hydrogens (tertiary/aromatic N) is 4. The molecule has 4 aliphatic rings. The van der Waals surface area contributed by atoms with Crippen molar-refractivity contribution in [1.29, 1.82) is 0 Å². The van der Waals surface area contributed by atoms with Gasteiger partial charge in [-0.15, -0.1) is 0 Å². The molecule has 2 aromatic rings. The smallest absolute Gasteiger partial charge is 0.410 e. The van der Waals surface area contributed by atoms with Crippen molar-refractivity contribution in [1.82, 2.24) is 19.9 Å². The molecule has 5 heterocycles. The molecule has 192 valence electrons. The number of aromatic nitrogens is 1. The zero-order chi connectivity index (χ0) is 24.9. The molecule has 0 radical (unpaired) electrons. The first-order valence-electron chi connectivity index (χ1n) is 13.5. The van der Waals surface area contributed by atoms with Crippen LogP contribution in [-0.4, -0.2) is 76.2 Å². The van der Waals surface area contributed by atoms with E-state index in [2.05, 4.69) is 34.3 Å². The van der Waals surface area contributed by atoms with E-state index in [0.717, 1.165) is 58.2 Å². The molecule has 0 saturated carbocycles. The van der Waals surface area contributed by atoms with Gasteiger partial charge in [0.05, 0.1) is 12.8 Å². The highest BCUT2D eigenvalue weighted by Gasteiger charge is 2.48. The first kappa shape index (κ1) is 23.5. The van der Waals surface area contributed by atoms with Gasteiger partial charge >= 0.3 is 6.09 Å². The molecule has 2 amide bonds. The molecule has 2 atom stereocenters. The molecule has 6 rings (SSSR count). The van der Waals surface area contributed by atoms with Gasteiger partial charge in [-0.1, -0.05) is 29.4 Å². The molecule has 0 aliphatic carbocycles. The molecule has 1 aromatic carbocycles. The molecule has 3 saturated heterocycles. The average Bonchev–Trinajstić information content (AvgIpc) is 3.43. The molecular formula is C28H36N4O4. The predicted octanol–water partition coefficient (Wildman–Crippen LogP) is 4.12. The number of hydrogen-bond acceptors (Lipinski definition) is 6. The van der Waals surface area contributed by atoms with Gasteiger partial charge in [0.15, 0.2) is 0 Å². The lowest BCUT2D eigenvalue weighted by Gasteiger charge is -2.51. The third-order valence-corrected chi connectivity index (χ3v) is 9.17. The number of piperidine rings is 2. The average molecular weight is 493 g/mol. The van der Waals surface area contributed by atoms with Crippen molar-refractivity contribution in [2.45, 2.75) is 82.5 Å². The monoisotopic (exact) mass is 492 g/mol. The second-order valence-corrected chi connectivity index (χ2v) is 11.0. The summed E-state index contributed by atoms with van der Waals surface area (Å²) >= 11 is 0. The predicted molar refractivity (Wildman–Crippen MR) is 134 cm³/mol. The van der Waals surface area contributed by atoms with Crippen molar-refractivity contribution in [3.8, 4) is 0 Å². The summed E-state index contributed by atoms with van der Waals surface area (Å²) in [6, 6.07) is 9.78. The molecular weight excluding hydrogens is 456 g/mol. The van der Waals surface area contributed by atoms with E-state index in [0.29, 0.717) is 42.6 Å². The fraction of sp³-hybridized carbons (Fsp3) is 0.607. The zero-order valence-corrected chi connectivity index (χ0v) is 21.3. The van der Waals surface area contributed by atoms with Crippen molar-refractivity contribution in [3.05, 3.63) is 52.9 Å².